The summed E-state index contributed by atoms with van der Waals surface area (Å²) in [5.41, 5.74) is 0.584. The Morgan fingerprint density at radius 2 is 2.10 bits per heavy atom. The summed E-state index contributed by atoms with van der Waals surface area (Å²) in [6, 6.07) is 7.60. The standard InChI is InChI=1S/C14H12BrFN2O2/c1-8-9(15)6-7-12(17-8)18-14(19)13-10(16)4-3-5-11(13)20-2/h3-7H,1-2H3,(H,17,18,19). The number of methoxy groups -OCH3 is 1. The van der Waals surface area contributed by atoms with Gasteiger partial charge < -0.3 is 10.1 Å². The Morgan fingerprint density at radius 3 is 2.75 bits per heavy atom. The van der Waals surface area contributed by atoms with E-state index in [1.54, 1.807) is 19.1 Å². The zero-order valence-electron chi connectivity index (χ0n) is 10.9. The zero-order valence-corrected chi connectivity index (χ0v) is 12.5. The van der Waals surface area contributed by atoms with Gasteiger partial charge in [0, 0.05) is 4.47 Å². The van der Waals surface area contributed by atoms with Crippen molar-refractivity contribution in [1.29, 1.82) is 0 Å². The summed E-state index contributed by atoms with van der Waals surface area (Å²) in [5, 5.41) is 2.55. The van der Waals surface area contributed by atoms with Crippen LogP contribution >= 0.6 is 15.9 Å². The van der Waals surface area contributed by atoms with Crippen molar-refractivity contribution in [3.63, 3.8) is 0 Å². The summed E-state index contributed by atoms with van der Waals surface area (Å²) in [6.07, 6.45) is 0. The van der Waals surface area contributed by atoms with Gasteiger partial charge in [0.15, 0.2) is 0 Å². The minimum absolute atomic E-state index is 0.141. The predicted octanol–water partition coefficient (Wildman–Crippen LogP) is 3.55. The minimum Gasteiger partial charge on any atom is -0.496 e. The molecule has 0 aliphatic carbocycles. The number of hydrogen-bond donors (Lipinski definition) is 1. The van der Waals surface area contributed by atoms with E-state index in [0.29, 0.717) is 5.82 Å². The molecule has 2 rings (SSSR count). The van der Waals surface area contributed by atoms with Crippen LogP contribution in [0.1, 0.15) is 16.1 Å². The molecule has 0 atom stereocenters. The lowest BCUT2D eigenvalue weighted by Gasteiger charge is -2.10. The molecule has 0 radical (unpaired) electrons. The highest BCUT2D eigenvalue weighted by Gasteiger charge is 2.18. The van der Waals surface area contributed by atoms with Crippen molar-refractivity contribution < 1.29 is 13.9 Å². The van der Waals surface area contributed by atoms with Crippen LogP contribution in [0, 0.1) is 12.7 Å². The first-order valence-electron chi connectivity index (χ1n) is 5.80. The molecule has 1 aromatic carbocycles. The first-order chi connectivity index (χ1) is 9.52. The molecule has 1 aromatic heterocycles. The molecule has 0 aliphatic heterocycles. The highest BCUT2D eigenvalue weighted by Crippen LogP contribution is 2.23. The van der Waals surface area contributed by atoms with Crippen molar-refractivity contribution in [3.8, 4) is 5.75 Å². The number of benzene rings is 1. The van der Waals surface area contributed by atoms with Gasteiger partial charge in [0.05, 0.1) is 12.8 Å². The molecule has 0 saturated carbocycles. The molecule has 4 nitrogen and oxygen atoms in total. The number of anilines is 1. The average Bonchev–Trinajstić information content (AvgIpc) is 2.42. The van der Waals surface area contributed by atoms with E-state index in [9.17, 15) is 9.18 Å². The lowest BCUT2D eigenvalue weighted by Crippen LogP contribution is -2.16. The van der Waals surface area contributed by atoms with Gasteiger partial charge in [-0.3, -0.25) is 4.79 Å². The Hall–Kier alpha value is -1.95. The van der Waals surface area contributed by atoms with Crippen molar-refractivity contribution in [1.82, 2.24) is 4.98 Å². The maximum atomic E-state index is 13.8. The van der Waals surface area contributed by atoms with Gasteiger partial charge in [0.2, 0.25) is 0 Å². The fraction of sp³-hybridized carbons (Fsp3) is 0.143. The largest absolute Gasteiger partial charge is 0.496 e. The Kier molecular flexibility index (Phi) is 4.34. The molecule has 0 aliphatic rings. The van der Waals surface area contributed by atoms with Crippen molar-refractivity contribution in [2.45, 2.75) is 6.92 Å². The van der Waals surface area contributed by atoms with Crippen LogP contribution in [0.3, 0.4) is 0 Å². The van der Waals surface area contributed by atoms with Crippen LogP contribution in [0.15, 0.2) is 34.8 Å². The number of nitrogens with one attached hydrogen (secondary N) is 1. The number of ether oxygens (including phenoxy) is 1. The highest BCUT2D eigenvalue weighted by molar-refractivity contribution is 9.10. The molecule has 0 bridgehead atoms. The number of carbonyl (C=O) groups is 1. The number of nitrogens with zero attached hydrogens (tertiary/aromatic N) is 1. The number of amides is 1. The molecule has 6 heteroatoms. The fourth-order valence-electron chi connectivity index (χ4n) is 1.69. The lowest BCUT2D eigenvalue weighted by molar-refractivity contribution is 0.101. The topological polar surface area (TPSA) is 51.2 Å². The second-order valence-corrected chi connectivity index (χ2v) is 4.89. The normalized spacial score (nSPS) is 10.2. The number of halogens is 2. The molecular weight excluding hydrogens is 327 g/mol. The Balaban J connectivity index is 2.30. The summed E-state index contributed by atoms with van der Waals surface area (Å²) in [7, 11) is 1.38. The number of carbonyl (C=O) groups excluding carboxylic acids is 1. The smallest absolute Gasteiger partial charge is 0.263 e. The summed E-state index contributed by atoms with van der Waals surface area (Å²) in [4.78, 5) is 16.3. The van der Waals surface area contributed by atoms with Gasteiger partial charge in [0.25, 0.3) is 5.91 Å². The van der Waals surface area contributed by atoms with Crippen molar-refractivity contribution in [2.75, 3.05) is 12.4 Å². The van der Waals surface area contributed by atoms with Crippen LogP contribution < -0.4 is 10.1 Å². The van der Waals surface area contributed by atoms with Crippen LogP contribution in [0.25, 0.3) is 0 Å². The monoisotopic (exact) mass is 338 g/mol. The summed E-state index contributed by atoms with van der Waals surface area (Å²) < 4.78 is 19.6. The van der Waals surface area contributed by atoms with Gasteiger partial charge >= 0.3 is 0 Å². The number of aromatic nitrogens is 1. The van der Waals surface area contributed by atoms with Crippen LogP contribution in [0.2, 0.25) is 0 Å². The number of hydrogen-bond acceptors (Lipinski definition) is 3. The maximum Gasteiger partial charge on any atom is 0.263 e. The van der Waals surface area contributed by atoms with Gasteiger partial charge in [-0.1, -0.05) is 6.07 Å². The molecule has 0 unspecified atom stereocenters. The molecule has 1 amide bonds. The second-order valence-electron chi connectivity index (χ2n) is 4.03. The lowest BCUT2D eigenvalue weighted by atomic mass is 10.1. The van der Waals surface area contributed by atoms with Crippen LogP contribution in [0.5, 0.6) is 5.75 Å². The summed E-state index contributed by atoms with van der Waals surface area (Å²) in [6.45, 7) is 1.80. The van der Waals surface area contributed by atoms with Crippen LogP contribution in [0.4, 0.5) is 10.2 Å². The third kappa shape index (κ3) is 2.96. The van der Waals surface area contributed by atoms with Gasteiger partial charge in [-0.2, -0.15) is 0 Å². The Bertz CT molecular complexity index is 662. The van der Waals surface area contributed by atoms with E-state index in [2.05, 4.69) is 26.2 Å². The van der Waals surface area contributed by atoms with Gasteiger partial charge in [-0.25, -0.2) is 9.37 Å². The summed E-state index contributed by atoms with van der Waals surface area (Å²) >= 11 is 3.32. The van der Waals surface area contributed by atoms with E-state index in [-0.39, 0.29) is 11.3 Å². The molecule has 2 aromatic rings. The van der Waals surface area contributed by atoms with Crippen molar-refractivity contribution >= 4 is 27.7 Å². The number of aryl methyl sites for hydroxylation is 1. The molecule has 0 fully saturated rings. The molecule has 104 valence electrons. The van der Waals surface area contributed by atoms with E-state index in [0.717, 1.165) is 10.2 Å². The first kappa shape index (κ1) is 14.5. The van der Waals surface area contributed by atoms with Crippen molar-refractivity contribution in [3.05, 3.63) is 51.9 Å². The molecule has 0 saturated heterocycles. The summed E-state index contributed by atoms with van der Waals surface area (Å²) in [5.74, 6) is -0.720. The Morgan fingerprint density at radius 1 is 1.35 bits per heavy atom. The third-order valence-electron chi connectivity index (χ3n) is 2.69. The van der Waals surface area contributed by atoms with Gasteiger partial charge in [-0.05, 0) is 47.1 Å². The maximum absolute atomic E-state index is 13.8. The first-order valence-corrected chi connectivity index (χ1v) is 6.59. The SMILES string of the molecule is COc1cccc(F)c1C(=O)Nc1ccc(Br)c(C)n1. The van der Waals surface area contributed by atoms with E-state index in [1.165, 1.54) is 25.3 Å². The van der Waals surface area contributed by atoms with Crippen LogP contribution in [-0.2, 0) is 0 Å². The van der Waals surface area contributed by atoms with Gasteiger partial charge in [-0.15, -0.1) is 0 Å². The van der Waals surface area contributed by atoms with E-state index in [1.807, 2.05) is 0 Å². The highest BCUT2D eigenvalue weighted by atomic mass is 79.9. The van der Waals surface area contributed by atoms with Crippen molar-refractivity contribution in [2.24, 2.45) is 0 Å². The fourth-order valence-corrected chi connectivity index (χ4v) is 1.91. The molecule has 1 N–H and O–H groups in total. The molecular formula is C14H12BrFN2O2. The third-order valence-corrected chi connectivity index (χ3v) is 3.52. The van der Waals surface area contributed by atoms with E-state index in [4.69, 9.17) is 4.74 Å². The van der Waals surface area contributed by atoms with E-state index < -0.39 is 11.7 Å². The average molecular weight is 339 g/mol. The minimum atomic E-state index is -0.643. The predicted molar refractivity (Wildman–Crippen MR) is 77.6 cm³/mol. The Labute approximate surface area is 124 Å². The van der Waals surface area contributed by atoms with E-state index >= 15 is 0 Å². The number of pyridine rings is 1. The number of rotatable bonds is 3. The van der Waals surface area contributed by atoms with Crippen LogP contribution in [-0.4, -0.2) is 18.0 Å². The zero-order chi connectivity index (χ0) is 14.7. The molecule has 1 heterocycles. The molecule has 0 spiro atoms. The van der Waals surface area contributed by atoms with Gasteiger partial charge in [0.1, 0.15) is 22.9 Å². The molecule has 20 heavy (non-hydrogen) atoms. The second kappa shape index (κ2) is 6.00. The quantitative estimate of drug-likeness (QED) is 0.930.